The van der Waals surface area contributed by atoms with Gasteiger partial charge in [-0.05, 0) is 23.8 Å². The van der Waals surface area contributed by atoms with Crippen LogP contribution in [0.1, 0.15) is 25.0 Å². The summed E-state index contributed by atoms with van der Waals surface area (Å²) in [7, 11) is 0. The molecule has 2 nitrogen and oxygen atoms in total. The van der Waals surface area contributed by atoms with Crippen molar-refractivity contribution in [2.45, 2.75) is 20.0 Å². The third kappa shape index (κ3) is 5.75. The van der Waals surface area contributed by atoms with Crippen molar-refractivity contribution in [3.8, 4) is 0 Å². The molecule has 0 aliphatic rings. The van der Waals surface area contributed by atoms with Crippen LogP contribution in [-0.4, -0.2) is 11.1 Å². The van der Waals surface area contributed by atoms with E-state index in [1.807, 2.05) is 13.8 Å². The Balaban J connectivity index is 0.00000121. The molecule has 1 aromatic carbocycles. The van der Waals surface area contributed by atoms with E-state index >= 15 is 0 Å². The van der Waals surface area contributed by atoms with E-state index in [0.29, 0.717) is 5.56 Å². The van der Waals surface area contributed by atoms with E-state index in [-0.39, 0.29) is 0 Å². The van der Waals surface area contributed by atoms with Gasteiger partial charge >= 0.3 is 12.1 Å². The van der Waals surface area contributed by atoms with Gasteiger partial charge in [0.25, 0.3) is 0 Å². The molecule has 0 heterocycles. The number of rotatable bonds is 2. The second-order valence-electron chi connectivity index (χ2n) is 2.79. The maximum absolute atomic E-state index is 12.1. The van der Waals surface area contributed by atoms with Gasteiger partial charge in [0.2, 0.25) is 0 Å². The van der Waals surface area contributed by atoms with Crippen LogP contribution in [0, 0.1) is 0 Å². The highest BCUT2D eigenvalue weighted by atomic mass is 19.4. The molecule has 94 valence electrons. The average molecular weight is 246 g/mol. The van der Waals surface area contributed by atoms with E-state index in [4.69, 9.17) is 5.11 Å². The molecule has 0 unspecified atom stereocenters. The zero-order chi connectivity index (χ0) is 13.5. The summed E-state index contributed by atoms with van der Waals surface area (Å²) in [6.45, 7) is 4.00. The average Bonchev–Trinajstić information content (AvgIpc) is 2.28. The van der Waals surface area contributed by atoms with Crippen molar-refractivity contribution in [2.24, 2.45) is 0 Å². The number of carboxylic acid groups (broad SMARTS) is 1. The van der Waals surface area contributed by atoms with Gasteiger partial charge in [0, 0.05) is 6.08 Å². The van der Waals surface area contributed by atoms with Gasteiger partial charge in [0.15, 0.2) is 0 Å². The molecule has 0 radical (unpaired) electrons. The molecule has 1 aromatic rings. The zero-order valence-corrected chi connectivity index (χ0v) is 9.45. The fraction of sp³-hybridized carbons (Fsp3) is 0.250. The molecule has 1 rings (SSSR count). The first-order chi connectivity index (χ1) is 7.89. The topological polar surface area (TPSA) is 37.3 Å². The van der Waals surface area contributed by atoms with E-state index < -0.39 is 17.7 Å². The van der Waals surface area contributed by atoms with Crippen LogP contribution in [0.25, 0.3) is 6.08 Å². The minimum absolute atomic E-state index is 0.408. The van der Waals surface area contributed by atoms with Crippen molar-refractivity contribution >= 4 is 12.0 Å². The molecule has 17 heavy (non-hydrogen) atoms. The highest BCUT2D eigenvalue weighted by molar-refractivity contribution is 5.85. The van der Waals surface area contributed by atoms with Crippen molar-refractivity contribution in [3.63, 3.8) is 0 Å². The summed E-state index contributed by atoms with van der Waals surface area (Å²) in [5, 5.41) is 8.29. The smallest absolute Gasteiger partial charge is 0.416 e. The molecular formula is C12H13F3O2. The summed E-state index contributed by atoms with van der Waals surface area (Å²) in [4.78, 5) is 10.1. The minimum Gasteiger partial charge on any atom is -0.478 e. The van der Waals surface area contributed by atoms with Crippen LogP contribution in [0.2, 0.25) is 0 Å². The second-order valence-corrected chi connectivity index (χ2v) is 2.79. The third-order valence-corrected chi connectivity index (χ3v) is 1.66. The number of halogens is 3. The largest absolute Gasteiger partial charge is 0.478 e. The molecule has 0 aliphatic carbocycles. The van der Waals surface area contributed by atoms with Crippen LogP contribution in [-0.2, 0) is 11.0 Å². The van der Waals surface area contributed by atoms with Gasteiger partial charge < -0.3 is 5.11 Å². The number of hydrogen-bond donors (Lipinski definition) is 1. The van der Waals surface area contributed by atoms with Gasteiger partial charge in [-0.1, -0.05) is 26.0 Å². The summed E-state index contributed by atoms with van der Waals surface area (Å²) in [5.74, 6) is -1.14. The molecule has 0 saturated heterocycles. The Morgan fingerprint density at radius 3 is 2.00 bits per heavy atom. The summed E-state index contributed by atoms with van der Waals surface area (Å²) >= 11 is 0. The predicted octanol–water partition coefficient (Wildman–Crippen LogP) is 3.83. The van der Waals surface area contributed by atoms with Crippen LogP contribution in [0.5, 0.6) is 0 Å². The van der Waals surface area contributed by atoms with Crippen LogP contribution in [0.3, 0.4) is 0 Å². The number of hydrogen-bond acceptors (Lipinski definition) is 1. The third-order valence-electron chi connectivity index (χ3n) is 1.66. The lowest BCUT2D eigenvalue weighted by molar-refractivity contribution is -0.137. The van der Waals surface area contributed by atoms with E-state index in [9.17, 15) is 18.0 Å². The lowest BCUT2D eigenvalue weighted by Crippen LogP contribution is -2.03. The first-order valence-electron chi connectivity index (χ1n) is 4.98. The Bertz CT molecular complexity index is 378. The van der Waals surface area contributed by atoms with Crippen molar-refractivity contribution in [2.75, 3.05) is 0 Å². The number of aliphatic carboxylic acids is 1. The molecule has 0 atom stereocenters. The zero-order valence-electron chi connectivity index (χ0n) is 9.45. The van der Waals surface area contributed by atoms with Gasteiger partial charge in [0.1, 0.15) is 0 Å². The molecule has 5 heteroatoms. The Hall–Kier alpha value is -1.78. The van der Waals surface area contributed by atoms with Gasteiger partial charge in [-0.2, -0.15) is 13.2 Å². The molecule has 0 aromatic heterocycles. The van der Waals surface area contributed by atoms with Crippen molar-refractivity contribution < 1.29 is 23.1 Å². The highest BCUT2D eigenvalue weighted by Gasteiger charge is 2.29. The molecule has 0 saturated carbocycles. The minimum atomic E-state index is -4.37. The molecule has 0 fully saturated rings. The van der Waals surface area contributed by atoms with Crippen molar-refractivity contribution in [3.05, 3.63) is 41.5 Å². The molecule has 0 amide bonds. The summed E-state index contributed by atoms with van der Waals surface area (Å²) < 4.78 is 36.4. The van der Waals surface area contributed by atoms with E-state index in [0.717, 1.165) is 18.2 Å². The molecule has 0 aliphatic heterocycles. The van der Waals surface area contributed by atoms with Gasteiger partial charge in [-0.25, -0.2) is 4.79 Å². The standard InChI is InChI=1S/C10H7F3O2.C2H6/c11-10(12,13)8-4-1-7(2-5-8)3-6-9(14)15;1-2/h1-6H,(H,14,15);1-2H3/b6-3+;. The quantitative estimate of drug-likeness (QED) is 0.805. The monoisotopic (exact) mass is 246 g/mol. The highest BCUT2D eigenvalue weighted by Crippen LogP contribution is 2.29. The van der Waals surface area contributed by atoms with E-state index in [1.165, 1.54) is 18.2 Å². The number of carboxylic acids is 1. The summed E-state index contributed by atoms with van der Waals surface area (Å²) in [5.41, 5.74) is -0.347. The van der Waals surface area contributed by atoms with E-state index in [2.05, 4.69) is 0 Å². The predicted molar refractivity (Wildman–Crippen MR) is 59.5 cm³/mol. The summed E-state index contributed by atoms with van der Waals surface area (Å²) in [6, 6.07) is 4.23. The fourth-order valence-electron chi connectivity index (χ4n) is 0.951. The van der Waals surface area contributed by atoms with Gasteiger partial charge in [0.05, 0.1) is 5.56 Å². The lowest BCUT2D eigenvalue weighted by Gasteiger charge is -2.05. The second kappa shape index (κ2) is 6.73. The fourth-order valence-corrected chi connectivity index (χ4v) is 0.951. The van der Waals surface area contributed by atoms with E-state index in [1.54, 1.807) is 0 Å². The molecule has 0 spiro atoms. The van der Waals surface area contributed by atoms with Gasteiger partial charge in [-0.3, -0.25) is 0 Å². The normalized spacial score (nSPS) is 10.9. The maximum Gasteiger partial charge on any atom is 0.416 e. The SMILES string of the molecule is CC.O=C(O)/C=C/c1ccc(C(F)(F)F)cc1. The van der Waals surface area contributed by atoms with Gasteiger partial charge in [-0.15, -0.1) is 0 Å². The van der Waals surface area contributed by atoms with Crippen LogP contribution in [0.15, 0.2) is 30.3 Å². The Labute approximate surface area is 97.4 Å². The van der Waals surface area contributed by atoms with Crippen LogP contribution >= 0.6 is 0 Å². The first-order valence-corrected chi connectivity index (χ1v) is 4.98. The maximum atomic E-state index is 12.1. The summed E-state index contributed by atoms with van der Waals surface area (Å²) in [6.07, 6.45) is -2.28. The molecule has 0 bridgehead atoms. The first kappa shape index (κ1) is 15.2. The molecule has 1 N–H and O–H groups in total. The molecular weight excluding hydrogens is 233 g/mol. The van der Waals surface area contributed by atoms with Crippen LogP contribution in [0.4, 0.5) is 13.2 Å². The van der Waals surface area contributed by atoms with Crippen LogP contribution < -0.4 is 0 Å². The Morgan fingerprint density at radius 2 is 1.65 bits per heavy atom. The number of carbonyl (C=O) groups is 1. The Kier molecular flexibility index (Phi) is 6.02. The number of alkyl halides is 3. The Morgan fingerprint density at radius 1 is 1.18 bits per heavy atom. The number of benzene rings is 1. The van der Waals surface area contributed by atoms with Crippen molar-refractivity contribution in [1.29, 1.82) is 0 Å². The lowest BCUT2D eigenvalue weighted by atomic mass is 10.1. The van der Waals surface area contributed by atoms with Crippen molar-refractivity contribution in [1.82, 2.24) is 0 Å².